The average Bonchev–Trinajstić information content (AvgIpc) is 3.59. The molecule has 0 aliphatic heterocycles. The highest BCUT2D eigenvalue weighted by Crippen LogP contribution is 2.47. The van der Waals surface area contributed by atoms with Crippen molar-refractivity contribution in [3.05, 3.63) is 58.8 Å². The van der Waals surface area contributed by atoms with Crippen molar-refractivity contribution in [1.82, 2.24) is 9.97 Å². The predicted octanol–water partition coefficient (Wildman–Crippen LogP) is 6.24. The van der Waals surface area contributed by atoms with Gasteiger partial charge in [-0.05, 0) is 24.3 Å². The van der Waals surface area contributed by atoms with E-state index < -0.39 is 0 Å². The number of carbonyl (C=O) groups is 1. The smallest absolute Gasteiger partial charge is 0.160 e. The Labute approximate surface area is 226 Å². The van der Waals surface area contributed by atoms with Crippen LogP contribution in [0.4, 0.5) is 0 Å². The Kier molecular flexibility index (Phi) is 7.28. The number of benzene rings is 2. The maximum Gasteiger partial charge on any atom is 0.160 e. The van der Waals surface area contributed by atoms with Crippen molar-refractivity contribution in [1.29, 1.82) is 0 Å². The molecule has 4 heterocycles. The first-order valence-electron chi connectivity index (χ1n) is 11.5. The fourth-order valence-corrected chi connectivity index (χ4v) is 6.65. The highest BCUT2D eigenvalue weighted by Gasteiger charge is 2.19. The van der Waals surface area contributed by atoms with Crippen molar-refractivity contribution in [2.45, 2.75) is 6.61 Å². The lowest BCUT2D eigenvalue weighted by atomic mass is 10.1. The molecule has 0 radical (unpaired) electrons. The zero-order valence-corrected chi connectivity index (χ0v) is 22.7. The van der Waals surface area contributed by atoms with E-state index in [1.165, 1.54) is 22.7 Å². The number of pyridine rings is 2. The van der Waals surface area contributed by atoms with Crippen LogP contribution in [0.2, 0.25) is 0 Å². The van der Waals surface area contributed by atoms with E-state index in [-0.39, 0.29) is 6.61 Å². The summed E-state index contributed by atoms with van der Waals surface area (Å²) < 4.78 is 24.0. The van der Waals surface area contributed by atoms with Crippen molar-refractivity contribution >= 4 is 70.7 Å². The van der Waals surface area contributed by atoms with Gasteiger partial charge in [0.05, 0.1) is 49.3 Å². The molecule has 0 amide bonds. The van der Waals surface area contributed by atoms with Gasteiger partial charge >= 0.3 is 0 Å². The molecule has 0 unspecified atom stereocenters. The van der Waals surface area contributed by atoms with E-state index in [1.807, 2.05) is 24.3 Å². The van der Waals surface area contributed by atoms with Crippen molar-refractivity contribution in [3.63, 3.8) is 0 Å². The molecule has 194 valence electrons. The predicted molar refractivity (Wildman–Crippen MR) is 152 cm³/mol. The Bertz CT molecular complexity index is 1670. The number of hydrogen-bond donors (Lipinski definition) is 1. The topological polar surface area (TPSA) is 100 Å². The molecule has 6 aromatic rings. The second kappa shape index (κ2) is 10.8. The number of nitrogens with zero attached hydrogens (tertiary/aromatic N) is 2. The number of rotatable bonds is 6. The fraction of sp³-hybridized carbons (Fsp3) is 0.179. The number of fused-ring (bicyclic) bond motifs is 4. The van der Waals surface area contributed by atoms with E-state index in [0.29, 0.717) is 4.88 Å². The van der Waals surface area contributed by atoms with Crippen LogP contribution in [0.15, 0.2) is 49.1 Å². The lowest BCUT2D eigenvalue weighted by Gasteiger charge is -2.11. The molecule has 0 aliphatic rings. The lowest BCUT2D eigenvalue weighted by Crippen LogP contribution is -1.91. The largest absolute Gasteiger partial charge is 0.495 e. The third-order valence-electron chi connectivity index (χ3n) is 6.15. The summed E-state index contributed by atoms with van der Waals surface area (Å²) in [4.78, 5) is 20.8. The molecule has 0 spiro atoms. The zero-order chi connectivity index (χ0) is 26.8. The van der Waals surface area contributed by atoms with E-state index in [2.05, 4.69) is 9.97 Å². The third kappa shape index (κ3) is 4.16. The molecule has 38 heavy (non-hydrogen) atoms. The Morgan fingerprint density at radius 1 is 0.711 bits per heavy atom. The van der Waals surface area contributed by atoms with Crippen LogP contribution in [0.3, 0.4) is 0 Å². The molecule has 6 rings (SSSR count). The van der Waals surface area contributed by atoms with Gasteiger partial charge in [-0.25, -0.2) is 0 Å². The maximum atomic E-state index is 11.0. The second-order valence-corrected chi connectivity index (χ2v) is 10.3. The normalized spacial score (nSPS) is 11.0. The van der Waals surface area contributed by atoms with Gasteiger partial charge in [-0.1, -0.05) is 0 Å². The number of thiophene rings is 2. The van der Waals surface area contributed by atoms with Gasteiger partial charge in [0.2, 0.25) is 0 Å². The van der Waals surface area contributed by atoms with Crippen LogP contribution in [0.5, 0.6) is 23.0 Å². The Hall–Kier alpha value is -3.99. The highest BCUT2D eigenvalue weighted by atomic mass is 32.1. The minimum Gasteiger partial charge on any atom is -0.495 e. The monoisotopic (exact) mass is 548 g/mol. The van der Waals surface area contributed by atoms with Crippen molar-refractivity contribution in [2.24, 2.45) is 0 Å². The first-order valence-corrected chi connectivity index (χ1v) is 13.1. The summed E-state index contributed by atoms with van der Waals surface area (Å²) in [6.45, 7) is 0.0141. The van der Waals surface area contributed by atoms with Crippen LogP contribution in [-0.2, 0) is 6.61 Å². The molecular formula is C28H24N2O6S2. The molecule has 8 nitrogen and oxygen atoms in total. The fourth-order valence-electron chi connectivity index (χ4n) is 4.59. The number of aliphatic hydroxyl groups excluding tert-OH is 1. The molecule has 10 heteroatoms. The van der Waals surface area contributed by atoms with Gasteiger partial charge in [0, 0.05) is 62.0 Å². The molecule has 0 aliphatic carbocycles. The van der Waals surface area contributed by atoms with Crippen LogP contribution in [0.1, 0.15) is 14.5 Å². The van der Waals surface area contributed by atoms with Gasteiger partial charge in [-0.3, -0.25) is 14.8 Å². The first kappa shape index (κ1) is 25.7. The number of aldehydes is 1. The molecule has 4 aromatic heterocycles. The molecule has 0 fully saturated rings. The van der Waals surface area contributed by atoms with E-state index in [9.17, 15) is 9.90 Å². The van der Waals surface area contributed by atoms with Crippen molar-refractivity contribution < 1.29 is 28.8 Å². The summed E-state index contributed by atoms with van der Waals surface area (Å²) in [6, 6.07) is 7.56. The molecule has 0 atom stereocenters. The van der Waals surface area contributed by atoms with Crippen LogP contribution in [-0.4, -0.2) is 49.8 Å². The molecule has 1 N–H and O–H groups in total. The minimum absolute atomic E-state index is 0.0141. The van der Waals surface area contributed by atoms with Crippen molar-refractivity contribution in [2.75, 3.05) is 28.4 Å². The molecule has 2 aromatic carbocycles. The maximum absolute atomic E-state index is 11.0. The third-order valence-corrected chi connectivity index (χ3v) is 8.32. The van der Waals surface area contributed by atoms with E-state index in [4.69, 9.17) is 18.9 Å². The number of aromatic nitrogens is 2. The number of methoxy groups -OCH3 is 4. The molecule has 0 saturated carbocycles. The number of ether oxygens (including phenoxy) is 4. The Morgan fingerprint density at radius 2 is 1.21 bits per heavy atom. The van der Waals surface area contributed by atoms with Gasteiger partial charge in [-0.15, -0.1) is 22.7 Å². The summed E-state index contributed by atoms with van der Waals surface area (Å²) in [5.41, 5.74) is 0. The highest BCUT2D eigenvalue weighted by molar-refractivity contribution is 7.21. The van der Waals surface area contributed by atoms with Crippen LogP contribution in [0, 0.1) is 0 Å². The summed E-state index contributed by atoms with van der Waals surface area (Å²) in [5, 5.41) is 14.8. The van der Waals surface area contributed by atoms with Gasteiger partial charge in [0.1, 0.15) is 23.0 Å². The summed E-state index contributed by atoms with van der Waals surface area (Å²) in [5.74, 6) is 3.06. The summed E-state index contributed by atoms with van der Waals surface area (Å²) in [6.07, 6.45) is 7.80. The quantitative estimate of drug-likeness (QED) is 0.244. The average molecular weight is 549 g/mol. The second-order valence-electron chi connectivity index (χ2n) is 8.10. The molecule has 0 saturated heterocycles. The number of hydrogen-bond acceptors (Lipinski definition) is 10. The van der Waals surface area contributed by atoms with Crippen LogP contribution >= 0.6 is 22.7 Å². The Balaban J connectivity index is 0.000000155. The van der Waals surface area contributed by atoms with Crippen LogP contribution in [0.25, 0.3) is 41.7 Å². The Morgan fingerprint density at radius 3 is 1.68 bits per heavy atom. The lowest BCUT2D eigenvalue weighted by molar-refractivity contribution is 0.112. The zero-order valence-electron chi connectivity index (χ0n) is 21.1. The van der Waals surface area contributed by atoms with E-state index >= 15 is 0 Å². The molecule has 0 bridgehead atoms. The van der Waals surface area contributed by atoms with Gasteiger partial charge in [0.25, 0.3) is 0 Å². The standard InChI is InChI=1S/C14H13NO3S.C14H11NO3S/c2*1-17-12-10-5-8(7-16)19-14(10)13(18-2)9-3-4-15-6-11(9)12/h3-6,16H,7H2,1-2H3;3-7H,1-2H3. The van der Waals surface area contributed by atoms with E-state index in [1.54, 1.807) is 53.2 Å². The van der Waals surface area contributed by atoms with Crippen LogP contribution < -0.4 is 18.9 Å². The van der Waals surface area contributed by atoms with E-state index in [0.717, 1.165) is 75.9 Å². The first-order chi connectivity index (χ1) is 18.6. The SMILES string of the molecule is COc1c2cnccc2c(OC)c2sc(C=O)cc12.COc1c2cnccc2c(OC)c2sc(CO)cc12. The van der Waals surface area contributed by atoms with Gasteiger partial charge in [0.15, 0.2) is 6.29 Å². The van der Waals surface area contributed by atoms with Crippen molar-refractivity contribution in [3.8, 4) is 23.0 Å². The number of carbonyl (C=O) groups excluding carboxylic acids is 1. The summed E-state index contributed by atoms with van der Waals surface area (Å²) >= 11 is 2.92. The van der Waals surface area contributed by atoms with Gasteiger partial charge < -0.3 is 24.1 Å². The molecular weight excluding hydrogens is 524 g/mol. The minimum atomic E-state index is 0.0141. The van der Waals surface area contributed by atoms with Gasteiger partial charge in [-0.2, -0.15) is 0 Å². The number of aliphatic hydroxyl groups is 1. The summed E-state index contributed by atoms with van der Waals surface area (Å²) in [7, 11) is 6.54.